The molecule has 1 fully saturated rings. The highest BCUT2D eigenvalue weighted by atomic mass is 32.1. The first-order valence-electron chi connectivity index (χ1n) is 15.4. The molecule has 240 valence electrons. The Labute approximate surface area is 273 Å². The van der Waals surface area contributed by atoms with Gasteiger partial charge in [0.15, 0.2) is 5.82 Å². The van der Waals surface area contributed by atoms with Crippen LogP contribution in [0.2, 0.25) is 0 Å². The predicted octanol–water partition coefficient (Wildman–Crippen LogP) is 6.09. The van der Waals surface area contributed by atoms with E-state index in [4.69, 9.17) is 4.74 Å². The molecule has 9 nitrogen and oxygen atoms in total. The van der Waals surface area contributed by atoms with Crippen molar-refractivity contribution in [3.63, 3.8) is 0 Å². The average Bonchev–Trinajstić information content (AvgIpc) is 3.51. The molecule has 2 amide bonds. The van der Waals surface area contributed by atoms with E-state index in [2.05, 4.69) is 49.9 Å². The molecule has 1 aliphatic rings. The highest BCUT2D eigenvalue weighted by Gasteiger charge is 2.39. The average molecular weight is 641 g/mol. The number of carboxylic acids is 1. The lowest BCUT2D eigenvalue weighted by molar-refractivity contribution is -0.153. The van der Waals surface area contributed by atoms with Crippen LogP contribution in [0.4, 0.5) is 0 Å². The molecule has 0 saturated carbocycles. The molecule has 5 rings (SSSR count). The monoisotopic (exact) mass is 640 g/mol. The summed E-state index contributed by atoms with van der Waals surface area (Å²) in [5.41, 5.74) is 3.45. The Hall–Kier alpha value is -4.57. The fourth-order valence-electron chi connectivity index (χ4n) is 4.99. The number of amides is 2. The van der Waals surface area contributed by atoms with Gasteiger partial charge in [-0.15, -0.1) is 11.3 Å². The number of ether oxygens (including phenoxy) is 1. The first kappa shape index (κ1) is 32.8. The number of benzene rings is 2. The first-order valence-corrected chi connectivity index (χ1v) is 16.3. The van der Waals surface area contributed by atoms with Crippen molar-refractivity contribution in [3.8, 4) is 28.3 Å². The number of carbonyl (C=O) groups is 3. The molecule has 46 heavy (non-hydrogen) atoms. The third-order valence-corrected chi connectivity index (χ3v) is 9.30. The van der Waals surface area contributed by atoms with Crippen LogP contribution in [0.1, 0.15) is 54.7 Å². The number of nitrogens with zero attached hydrogens (tertiary/aromatic N) is 3. The van der Waals surface area contributed by atoms with Gasteiger partial charge in [-0.3, -0.25) is 14.4 Å². The van der Waals surface area contributed by atoms with Gasteiger partial charge < -0.3 is 20.1 Å². The summed E-state index contributed by atoms with van der Waals surface area (Å²) >= 11 is 1.41. The molecule has 1 atom stereocenters. The van der Waals surface area contributed by atoms with Crippen LogP contribution in [0, 0.1) is 11.8 Å². The predicted molar refractivity (Wildman–Crippen MR) is 179 cm³/mol. The molecule has 0 unspecified atom stereocenters. The zero-order valence-corrected chi connectivity index (χ0v) is 27.6. The van der Waals surface area contributed by atoms with Gasteiger partial charge in [-0.2, -0.15) is 0 Å². The van der Waals surface area contributed by atoms with E-state index in [1.165, 1.54) is 16.2 Å². The van der Waals surface area contributed by atoms with Gasteiger partial charge in [0.05, 0.1) is 17.4 Å². The molecule has 10 heteroatoms. The normalized spacial score (nSPS) is 14.1. The number of hydrogen-bond donors (Lipinski definition) is 2. The SMILES string of the molecule is CC(C)COc1ccc(-c2cnc(-c3ccc(C[C@H](NC(=O)c4ccc(C(C)(C)C)s4)C(=O)N4CC(C(=O)O)C4)cc3)nc2)cc1. The van der Waals surface area contributed by atoms with Gasteiger partial charge >= 0.3 is 5.97 Å². The summed E-state index contributed by atoms with van der Waals surface area (Å²) < 4.78 is 5.77. The Balaban J connectivity index is 1.27. The summed E-state index contributed by atoms with van der Waals surface area (Å²) in [6.45, 7) is 11.4. The molecule has 4 aromatic rings. The maximum absolute atomic E-state index is 13.4. The molecule has 2 N–H and O–H groups in total. The van der Waals surface area contributed by atoms with Gasteiger partial charge in [0.25, 0.3) is 5.91 Å². The molecule has 2 aromatic carbocycles. The molecule has 2 aromatic heterocycles. The van der Waals surface area contributed by atoms with Crippen LogP contribution in [0.5, 0.6) is 5.75 Å². The molecular formula is C36H40N4O5S. The van der Waals surface area contributed by atoms with Gasteiger partial charge in [-0.1, -0.05) is 71.0 Å². The van der Waals surface area contributed by atoms with Crippen LogP contribution in [-0.4, -0.2) is 63.5 Å². The van der Waals surface area contributed by atoms with Crippen molar-refractivity contribution in [1.82, 2.24) is 20.2 Å². The van der Waals surface area contributed by atoms with Gasteiger partial charge in [0.2, 0.25) is 5.91 Å². The molecule has 3 heterocycles. The van der Waals surface area contributed by atoms with Crippen molar-refractivity contribution < 1.29 is 24.2 Å². The fourth-order valence-corrected chi connectivity index (χ4v) is 5.95. The third-order valence-electron chi connectivity index (χ3n) is 7.79. The Morgan fingerprint density at radius 2 is 1.57 bits per heavy atom. The molecule has 0 aliphatic carbocycles. The van der Waals surface area contributed by atoms with Crippen molar-refractivity contribution in [1.29, 1.82) is 0 Å². The number of thiophene rings is 1. The van der Waals surface area contributed by atoms with Crippen molar-refractivity contribution in [3.05, 3.63) is 88.4 Å². The number of carboxylic acid groups (broad SMARTS) is 1. The fraction of sp³-hybridized carbons (Fsp3) is 0.361. The van der Waals surface area contributed by atoms with E-state index in [1.54, 1.807) is 18.5 Å². The zero-order chi connectivity index (χ0) is 33.0. The molecule has 1 saturated heterocycles. The second-order valence-electron chi connectivity index (χ2n) is 13.1. The van der Waals surface area contributed by atoms with Crippen LogP contribution >= 0.6 is 11.3 Å². The van der Waals surface area contributed by atoms with E-state index in [-0.39, 0.29) is 36.7 Å². The molecule has 0 bridgehead atoms. The third kappa shape index (κ3) is 7.98. The number of aliphatic carboxylic acids is 1. The second-order valence-corrected chi connectivity index (χ2v) is 14.2. The lowest BCUT2D eigenvalue weighted by atomic mass is 9.95. The maximum atomic E-state index is 13.4. The standard InChI is InChI=1S/C36H40N4O5S/c1-22(2)21-45-28-12-10-24(11-13-28)26-17-37-32(38-18-26)25-8-6-23(7-9-25)16-29(34(42)40-19-27(20-40)35(43)44)39-33(41)30-14-15-31(46-30)36(3,4)5/h6-15,17-18,22,27,29H,16,19-21H2,1-5H3,(H,39,41)(H,43,44)/t29-/m0/s1. The van der Waals surface area contributed by atoms with Gasteiger partial charge in [-0.25, -0.2) is 9.97 Å². The quantitative estimate of drug-likeness (QED) is 0.204. The van der Waals surface area contributed by atoms with E-state index in [0.717, 1.165) is 32.9 Å². The number of aromatic nitrogens is 2. The summed E-state index contributed by atoms with van der Waals surface area (Å²) in [6.07, 6.45) is 3.84. The van der Waals surface area contributed by atoms with E-state index < -0.39 is 17.9 Å². The van der Waals surface area contributed by atoms with Gasteiger partial charge in [0.1, 0.15) is 11.8 Å². The summed E-state index contributed by atoms with van der Waals surface area (Å²) in [5.74, 6) is -0.265. The lowest BCUT2D eigenvalue weighted by Gasteiger charge is -2.38. The van der Waals surface area contributed by atoms with Crippen molar-refractivity contribution in [2.24, 2.45) is 11.8 Å². The molecule has 1 aliphatic heterocycles. The van der Waals surface area contributed by atoms with Gasteiger partial charge in [-0.05, 0) is 46.7 Å². The van der Waals surface area contributed by atoms with Crippen LogP contribution < -0.4 is 10.1 Å². The van der Waals surface area contributed by atoms with Crippen LogP contribution in [0.15, 0.2) is 73.1 Å². The topological polar surface area (TPSA) is 122 Å². The molecule has 0 spiro atoms. The van der Waals surface area contributed by atoms with E-state index in [0.29, 0.717) is 23.2 Å². The number of hydrogen-bond acceptors (Lipinski definition) is 7. The largest absolute Gasteiger partial charge is 0.493 e. The maximum Gasteiger partial charge on any atom is 0.310 e. The van der Waals surface area contributed by atoms with E-state index >= 15 is 0 Å². The Bertz CT molecular complexity index is 1670. The first-order chi connectivity index (χ1) is 21.9. The smallest absolute Gasteiger partial charge is 0.310 e. The number of likely N-dealkylation sites (tertiary alicyclic amines) is 1. The Morgan fingerprint density at radius 3 is 2.13 bits per heavy atom. The summed E-state index contributed by atoms with van der Waals surface area (Å²) in [5, 5.41) is 12.2. The number of carbonyl (C=O) groups excluding carboxylic acids is 2. The minimum Gasteiger partial charge on any atom is -0.493 e. The highest BCUT2D eigenvalue weighted by molar-refractivity contribution is 7.14. The summed E-state index contributed by atoms with van der Waals surface area (Å²) in [4.78, 5) is 50.3. The summed E-state index contributed by atoms with van der Waals surface area (Å²) in [7, 11) is 0. The zero-order valence-electron chi connectivity index (χ0n) is 26.8. The lowest BCUT2D eigenvalue weighted by Crippen LogP contribution is -2.59. The van der Waals surface area contributed by atoms with E-state index in [9.17, 15) is 19.5 Å². The molecule has 0 radical (unpaired) electrons. The van der Waals surface area contributed by atoms with E-state index in [1.807, 2.05) is 54.6 Å². The van der Waals surface area contributed by atoms with Crippen molar-refractivity contribution >= 4 is 29.1 Å². The number of nitrogens with one attached hydrogen (secondary N) is 1. The second kappa shape index (κ2) is 13.8. The minimum atomic E-state index is -0.923. The Kier molecular flexibility index (Phi) is 9.86. The van der Waals surface area contributed by atoms with Crippen molar-refractivity contribution in [2.45, 2.75) is 52.5 Å². The molecular weight excluding hydrogens is 600 g/mol. The highest BCUT2D eigenvalue weighted by Crippen LogP contribution is 2.30. The Morgan fingerprint density at radius 1 is 0.935 bits per heavy atom. The van der Waals surface area contributed by atoms with Gasteiger partial charge in [0, 0.05) is 47.9 Å². The summed E-state index contributed by atoms with van der Waals surface area (Å²) in [6, 6.07) is 18.3. The number of rotatable bonds is 11. The minimum absolute atomic E-state index is 0.0956. The van der Waals surface area contributed by atoms with Crippen LogP contribution in [0.3, 0.4) is 0 Å². The van der Waals surface area contributed by atoms with Crippen LogP contribution in [0.25, 0.3) is 22.5 Å². The van der Waals surface area contributed by atoms with Crippen LogP contribution in [-0.2, 0) is 21.4 Å². The van der Waals surface area contributed by atoms with Crippen molar-refractivity contribution in [2.75, 3.05) is 19.7 Å².